The Kier molecular flexibility index (Phi) is 3.80. The second-order valence-electron chi connectivity index (χ2n) is 5.25. The minimum absolute atomic E-state index is 0.224. The first kappa shape index (κ1) is 15.2. The average Bonchev–Trinajstić information content (AvgIpc) is 3.30. The molecule has 0 aliphatic carbocycles. The summed E-state index contributed by atoms with van der Waals surface area (Å²) in [5.41, 5.74) is 2.62. The number of amides is 1. The van der Waals surface area contributed by atoms with E-state index in [0.29, 0.717) is 27.8 Å². The molecule has 1 aromatic heterocycles. The van der Waals surface area contributed by atoms with Crippen molar-refractivity contribution in [2.45, 2.75) is 0 Å². The van der Waals surface area contributed by atoms with E-state index in [4.69, 9.17) is 14.7 Å². The molecule has 1 aliphatic rings. The largest absolute Gasteiger partial charge is 0.454 e. The molecule has 0 spiro atoms. The number of carbonyl (C=O) groups excluding carboxylic acids is 1. The predicted octanol–water partition coefficient (Wildman–Crippen LogP) is 3.66. The van der Waals surface area contributed by atoms with Crippen molar-refractivity contribution in [2.75, 3.05) is 12.1 Å². The first-order valence-corrected chi connectivity index (χ1v) is 8.28. The lowest BCUT2D eigenvalue weighted by molar-refractivity contribution is 0.102. The number of anilines is 1. The van der Waals surface area contributed by atoms with Gasteiger partial charge in [0, 0.05) is 16.5 Å². The molecule has 1 N–H and O–H groups in total. The number of hydrogen-bond donors (Lipinski definition) is 1. The fourth-order valence-corrected chi connectivity index (χ4v) is 3.10. The van der Waals surface area contributed by atoms with E-state index in [1.807, 2.05) is 29.6 Å². The Morgan fingerprint density at radius 3 is 2.76 bits per heavy atom. The third-order valence-electron chi connectivity index (χ3n) is 3.67. The summed E-state index contributed by atoms with van der Waals surface area (Å²) in [7, 11) is 0. The predicted molar refractivity (Wildman–Crippen MR) is 92.8 cm³/mol. The maximum absolute atomic E-state index is 12.2. The van der Waals surface area contributed by atoms with Crippen LogP contribution < -0.4 is 14.8 Å². The number of benzene rings is 2. The van der Waals surface area contributed by atoms with Gasteiger partial charge in [-0.05, 0) is 42.5 Å². The Hall–Kier alpha value is -3.37. The van der Waals surface area contributed by atoms with Crippen LogP contribution in [0.5, 0.6) is 11.5 Å². The monoisotopic (exact) mass is 349 g/mol. The summed E-state index contributed by atoms with van der Waals surface area (Å²) in [5.74, 6) is 1.14. The number of nitrogens with one attached hydrogen (secondary N) is 1. The normalized spacial score (nSPS) is 11.8. The van der Waals surface area contributed by atoms with Gasteiger partial charge in [0.25, 0.3) is 5.91 Å². The Labute approximate surface area is 147 Å². The zero-order valence-corrected chi connectivity index (χ0v) is 13.7. The fourth-order valence-electron chi connectivity index (χ4n) is 2.39. The molecule has 0 saturated carbocycles. The summed E-state index contributed by atoms with van der Waals surface area (Å²) >= 11 is 1.34. The third-order valence-corrected chi connectivity index (χ3v) is 4.43. The number of nitrogens with zero attached hydrogens (tertiary/aromatic N) is 2. The van der Waals surface area contributed by atoms with E-state index in [0.717, 1.165) is 11.3 Å². The smallest absolute Gasteiger partial charge is 0.257 e. The van der Waals surface area contributed by atoms with E-state index >= 15 is 0 Å². The molecule has 2 heterocycles. The molecule has 6 nitrogen and oxygen atoms in total. The molecular weight excluding hydrogens is 338 g/mol. The molecular formula is C18H11N3O3S. The summed E-state index contributed by atoms with van der Waals surface area (Å²) in [6, 6.07) is 14.1. The van der Waals surface area contributed by atoms with Crippen molar-refractivity contribution >= 4 is 22.4 Å². The van der Waals surface area contributed by atoms with Crippen molar-refractivity contribution in [3.8, 4) is 28.8 Å². The third kappa shape index (κ3) is 3.03. The Morgan fingerprint density at radius 2 is 1.96 bits per heavy atom. The van der Waals surface area contributed by atoms with E-state index in [2.05, 4.69) is 10.3 Å². The molecule has 1 amide bonds. The van der Waals surface area contributed by atoms with E-state index in [9.17, 15) is 4.79 Å². The van der Waals surface area contributed by atoms with Crippen LogP contribution in [0.1, 0.15) is 15.9 Å². The highest BCUT2D eigenvalue weighted by atomic mass is 32.1. The highest BCUT2D eigenvalue weighted by Crippen LogP contribution is 2.36. The van der Waals surface area contributed by atoms with Crippen molar-refractivity contribution in [3.05, 3.63) is 59.0 Å². The van der Waals surface area contributed by atoms with E-state index < -0.39 is 0 Å². The van der Waals surface area contributed by atoms with Gasteiger partial charge in [0.15, 0.2) is 16.6 Å². The first-order valence-electron chi connectivity index (χ1n) is 7.40. The van der Waals surface area contributed by atoms with Crippen LogP contribution in [0.25, 0.3) is 11.3 Å². The number of nitriles is 1. The fraction of sp³-hybridized carbons (Fsp3) is 0.0556. The van der Waals surface area contributed by atoms with E-state index in [-0.39, 0.29) is 12.7 Å². The van der Waals surface area contributed by atoms with Crippen LogP contribution in [-0.4, -0.2) is 17.7 Å². The van der Waals surface area contributed by atoms with Gasteiger partial charge < -0.3 is 9.47 Å². The number of hydrogen-bond acceptors (Lipinski definition) is 6. The molecule has 0 radical (unpaired) electrons. The van der Waals surface area contributed by atoms with E-state index in [1.165, 1.54) is 11.3 Å². The van der Waals surface area contributed by atoms with Gasteiger partial charge in [-0.15, -0.1) is 11.3 Å². The molecule has 0 unspecified atom stereocenters. The summed E-state index contributed by atoms with van der Waals surface area (Å²) in [4.78, 5) is 16.7. The standard InChI is InChI=1S/C18H11N3O3S/c19-8-11-1-3-12(4-2-11)17(22)21-18-20-14(9-25-18)13-5-6-15-16(7-13)24-10-23-15/h1-7,9H,10H2,(H,20,21,22). The molecule has 25 heavy (non-hydrogen) atoms. The number of carbonyl (C=O) groups is 1. The van der Waals surface area contributed by atoms with Crippen molar-refractivity contribution < 1.29 is 14.3 Å². The number of aromatic nitrogens is 1. The van der Waals surface area contributed by atoms with Gasteiger partial charge in [-0.25, -0.2) is 4.98 Å². The van der Waals surface area contributed by atoms with Crippen molar-refractivity contribution in [3.63, 3.8) is 0 Å². The van der Waals surface area contributed by atoms with Crippen LogP contribution in [0.15, 0.2) is 47.8 Å². The highest BCUT2D eigenvalue weighted by Gasteiger charge is 2.15. The molecule has 1 aliphatic heterocycles. The number of rotatable bonds is 3. The molecule has 0 atom stereocenters. The number of fused-ring (bicyclic) bond motifs is 1. The molecule has 7 heteroatoms. The van der Waals surface area contributed by atoms with Crippen LogP contribution in [0, 0.1) is 11.3 Å². The quantitative estimate of drug-likeness (QED) is 0.780. The van der Waals surface area contributed by atoms with Gasteiger partial charge in [-0.1, -0.05) is 0 Å². The van der Waals surface area contributed by atoms with Gasteiger partial charge in [-0.3, -0.25) is 10.1 Å². The van der Waals surface area contributed by atoms with Crippen LogP contribution in [-0.2, 0) is 0 Å². The summed E-state index contributed by atoms with van der Waals surface area (Å²) < 4.78 is 10.7. The van der Waals surface area contributed by atoms with Gasteiger partial charge in [-0.2, -0.15) is 5.26 Å². The number of ether oxygens (including phenoxy) is 2. The summed E-state index contributed by atoms with van der Waals surface area (Å²) in [5, 5.41) is 13.9. The molecule has 0 fully saturated rings. The molecule has 2 aromatic carbocycles. The lowest BCUT2D eigenvalue weighted by Crippen LogP contribution is -2.11. The maximum Gasteiger partial charge on any atom is 0.257 e. The van der Waals surface area contributed by atoms with Crippen molar-refractivity contribution in [1.82, 2.24) is 4.98 Å². The molecule has 0 saturated heterocycles. The van der Waals surface area contributed by atoms with Crippen LogP contribution in [0.4, 0.5) is 5.13 Å². The van der Waals surface area contributed by atoms with Crippen LogP contribution >= 0.6 is 11.3 Å². The number of thiazole rings is 1. The minimum atomic E-state index is -0.268. The summed E-state index contributed by atoms with van der Waals surface area (Å²) in [6.45, 7) is 0.224. The molecule has 4 rings (SSSR count). The Bertz CT molecular complexity index is 990. The SMILES string of the molecule is N#Cc1ccc(C(=O)Nc2nc(-c3ccc4c(c3)OCO4)cs2)cc1. The topological polar surface area (TPSA) is 84.2 Å². The lowest BCUT2D eigenvalue weighted by atomic mass is 10.1. The van der Waals surface area contributed by atoms with Gasteiger partial charge in [0.2, 0.25) is 6.79 Å². The molecule has 122 valence electrons. The van der Waals surface area contributed by atoms with Gasteiger partial charge in [0.1, 0.15) is 0 Å². The van der Waals surface area contributed by atoms with Crippen LogP contribution in [0.3, 0.4) is 0 Å². The molecule has 0 bridgehead atoms. The first-order chi connectivity index (χ1) is 12.2. The van der Waals surface area contributed by atoms with Gasteiger partial charge in [0.05, 0.1) is 17.3 Å². The van der Waals surface area contributed by atoms with Crippen LogP contribution in [0.2, 0.25) is 0 Å². The van der Waals surface area contributed by atoms with Crippen molar-refractivity contribution in [1.29, 1.82) is 5.26 Å². The Morgan fingerprint density at radius 1 is 1.16 bits per heavy atom. The van der Waals surface area contributed by atoms with Gasteiger partial charge >= 0.3 is 0 Å². The van der Waals surface area contributed by atoms with E-state index in [1.54, 1.807) is 24.3 Å². The second-order valence-corrected chi connectivity index (χ2v) is 6.11. The highest BCUT2D eigenvalue weighted by molar-refractivity contribution is 7.14. The molecule has 3 aromatic rings. The minimum Gasteiger partial charge on any atom is -0.454 e. The average molecular weight is 349 g/mol. The maximum atomic E-state index is 12.2. The zero-order valence-electron chi connectivity index (χ0n) is 12.9. The zero-order chi connectivity index (χ0) is 17.2. The summed E-state index contributed by atoms with van der Waals surface area (Å²) in [6.07, 6.45) is 0. The lowest BCUT2D eigenvalue weighted by Gasteiger charge is -2.02. The van der Waals surface area contributed by atoms with Crippen molar-refractivity contribution in [2.24, 2.45) is 0 Å². The Balaban J connectivity index is 1.51. The second kappa shape index (κ2) is 6.26.